The highest BCUT2D eigenvalue weighted by Crippen LogP contribution is 2.31. The zero-order chi connectivity index (χ0) is 29.0. The Hall–Kier alpha value is -4.00. The number of carbonyl (C=O) groups is 1. The van der Waals surface area contributed by atoms with Crippen molar-refractivity contribution in [1.82, 2.24) is 14.3 Å². The first-order chi connectivity index (χ1) is 19.7. The van der Waals surface area contributed by atoms with Crippen molar-refractivity contribution in [1.29, 1.82) is 0 Å². The number of nitrogens with zero attached hydrogens (tertiary/aromatic N) is 4. The topological polar surface area (TPSA) is 117 Å². The van der Waals surface area contributed by atoms with Crippen LogP contribution >= 0.6 is 15.9 Å². The van der Waals surface area contributed by atoms with Crippen molar-refractivity contribution in [3.8, 4) is 17.0 Å². The average molecular weight is 638 g/mol. The number of piperazine rings is 1. The van der Waals surface area contributed by atoms with E-state index >= 15 is 0 Å². The molecule has 1 aliphatic heterocycles. The summed E-state index contributed by atoms with van der Waals surface area (Å²) < 4.78 is 34.1. The summed E-state index contributed by atoms with van der Waals surface area (Å²) in [4.78, 5) is 22.5. The van der Waals surface area contributed by atoms with Gasteiger partial charge in [-0.2, -0.15) is 4.31 Å². The Kier molecular flexibility index (Phi) is 8.52. The first-order valence-electron chi connectivity index (χ1n) is 12.9. The molecule has 0 bridgehead atoms. The van der Waals surface area contributed by atoms with Crippen molar-refractivity contribution >= 4 is 54.9 Å². The fourth-order valence-electron chi connectivity index (χ4n) is 4.57. The van der Waals surface area contributed by atoms with Crippen LogP contribution in [0, 0.1) is 0 Å². The van der Waals surface area contributed by atoms with Crippen LogP contribution in [0.2, 0.25) is 0 Å². The zero-order valence-corrected chi connectivity index (χ0v) is 24.9. The van der Waals surface area contributed by atoms with Gasteiger partial charge in [-0.1, -0.05) is 28.1 Å². The van der Waals surface area contributed by atoms with Gasteiger partial charge in [0.1, 0.15) is 10.6 Å². The first-order valence-corrected chi connectivity index (χ1v) is 15.1. The maximum Gasteiger partial charge on any atom is 0.246 e. The monoisotopic (exact) mass is 636 g/mol. The number of benzene rings is 3. The van der Waals surface area contributed by atoms with Gasteiger partial charge in [0, 0.05) is 66.4 Å². The van der Waals surface area contributed by atoms with Gasteiger partial charge in [-0.3, -0.25) is 4.79 Å². The predicted octanol–water partition coefficient (Wildman–Crippen LogP) is 5.13. The summed E-state index contributed by atoms with van der Waals surface area (Å²) in [7, 11) is -2.23. The third-order valence-corrected chi connectivity index (χ3v) is 9.04. The van der Waals surface area contributed by atoms with Gasteiger partial charge in [-0.15, -0.1) is 0 Å². The maximum absolute atomic E-state index is 13.3. The van der Waals surface area contributed by atoms with Crippen molar-refractivity contribution in [3.05, 3.63) is 83.5 Å². The van der Waals surface area contributed by atoms with Crippen LogP contribution in [-0.4, -0.2) is 61.9 Å². The van der Waals surface area contributed by atoms with Crippen molar-refractivity contribution in [2.24, 2.45) is 0 Å². The molecular formula is C29H29BrN6O4S. The number of anilines is 4. The fourth-order valence-corrected chi connectivity index (χ4v) is 6.69. The van der Waals surface area contributed by atoms with Crippen molar-refractivity contribution in [2.75, 3.05) is 48.8 Å². The molecule has 10 nitrogen and oxygen atoms in total. The summed E-state index contributed by atoms with van der Waals surface area (Å²) in [6.07, 6.45) is 1.69. The second kappa shape index (κ2) is 12.2. The van der Waals surface area contributed by atoms with Gasteiger partial charge in [0.25, 0.3) is 0 Å². The largest absolute Gasteiger partial charge is 0.495 e. The molecule has 3 aromatic carbocycles. The molecule has 212 valence electrons. The summed E-state index contributed by atoms with van der Waals surface area (Å²) in [5.74, 6) is 0.668. The predicted molar refractivity (Wildman–Crippen MR) is 163 cm³/mol. The Morgan fingerprint density at radius 1 is 0.927 bits per heavy atom. The molecule has 1 saturated heterocycles. The Morgan fingerprint density at radius 3 is 2.27 bits per heavy atom. The van der Waals surface area contributed by atoms with E-state index in [2.05, 4.69) is 41.4 Å². The molecule has 2 heterocycles. The zero-order valence-electron chi connectivity index (χ0n) is 22.5. The minimum Gasteiger partial charge on any atom is -0.495 e. The minimum atomic E-state index is -3.69. The van der Waals surface area contributed by atoms with E-state index in [9.17, 15) is 13.2 Å². The Labute approximate surface area is 247 Å². The van der Waals surface area contributed by atoms with Gasteiger partial charge in [-0.25, -0.2) is 18.4 Å². The van der Waals surface area contributed by atoms with Crippen LogP contribution in [0.15, 0.2) is 88.4 Å². The third kappa shape index (κ3) is 6.67. The second-order valence-corrected chi connectivity index (χ2v) is 12.2. The molecule has 1 fully saturated rings. The SMILES string of the molecule is COc1ccc(Br)cc1S(=O)(=O)N1CCN(c2ccc(Nc3nccc(-c4ccc(NC(C)=O)cc4)n3)cc2)CC1. The lowest BCUT2D eigenvalue weighted by atomic mass is 10.1. The van der Waals surface area contributed by atoms with Gasteiger partial charge >= 0.3 is 0 Å². The van der Waals surface area contributed by atoms with E-state index in [4.69, 9.17) is 4.74 Å². The van der Waals surface area contributed by atoms with E-state index < -0.39 is 10.0 Å². The molecule has 4 aromatic rings. The number of aromatic nitrogens is 2. The highest BCUT2D eigenvalue weighted by molar-refractivity contribution is 9.10. The third-order valence-electron chi connectivity index (χ3n) is 6.63. The lowest BCUT2D eigenvalue weighted by Gasteiger charge is -2.35. The lowest BCUT2D eigenvalue weighted by molar-refractivity contribution is -0.114. The highest BCUT2D eigenvalue weighted by atomic mass is 79.9. The molecule has 1 aliphatic rings. The first kappa shape index (κ1) is 28.5. The number of amides is 1. The summed E-state index contributed by atoms with van der Waals surface area (Å²) >= 11 is 3.36. The molecule has 0 spiro atoms. The molecule has 5 rings (SSSR count). The normalized spacial score (nSPS) is 14.0. The molecule has 0 atom stereocenters. The number of halogens is 1. The molecule has 2 N–H and O–H groups in total. The Balaban J connectivity index is 1.21. The number of carbonyl (C=O) groups excluding carboxylic acids is 1. The van der Waals surface area contributed by atoms with Crippen molar-refractivity contribution < 1.29 is 17.9 Å². The molecule has 1 aromatic heterocycles. The molecule has 0 unspecified atom stereocenters. The van der Waals surface area contributed by atoms with E-state index in [0.29, 0.717) is 42.3 Å². The number of rotatable bonds is 8. The molecule has 41 heavy (non-hydrogen) atoms. The maximum atomic E-state index is 13.3. The van der Waals surface area contributed by atoms with E-state index in [1.165, 1.54) is 18.3 Å². The lowest BCUT2D eigenvalue weighted by Crippen LogP contribution is -2.48. The van der Waals surface area contributed by atoms with Crippen LogP contribution in [0.1, 0.15) is 6.92 Å². The number of sulfonamides is 1. The van der Waals surface area contributed by atoms with E-state index in [0.717, 1.165) is 28.3 Å². The fraction of sp³-hybridized carbons (Fsp3) is 0.207. The number of methoxy groups -OCH3 is 1. The summed E-state index contributed by atoms with van der Waals surface area (Å²) in [6, 6.07) is 22.1. The minimum absolute atomic E-state index is 0.120. The Morgan fingerprint density at radius 2 is 1.61 bits per heavy atom. The van der Waals surface area contributed by atoms with Crippen LogP contribution in [0.4, 0.5) is 23.0 Å². The average Bonchev–Trinajstić information content (AvgIpc) is 2.98. The number of ether oxygens (including phenoxy) is 1. The van der Waals surface area contributed by atoms with Gasteiger partial charge in [0.15, 0.2) is 0 Å². The molecule has 1 amide bonds. The second-order valence-electron chi connectivity index (χ2n) is 9.38. The molecule has 0 saturated carbocycles. The summed E-state index contributed by atoms with van der Waals surface area (Å²) in [6.45, 7) is 3.33. The Bertz CT molecular complexity index is 1640. The molecule has 0 aliphatic carbocycles. The van der Waals surface area contributed by atoms with Crippen LogP contribution in [0.3, 0.4) is 0 Å². The van der Waals surface area contributed by atoms with Crippen molar-refractivity contribution in [2.45, 2.75) is 11.8 Å². The van der Waals surface area contributed by atoms with Crippen molar-refractivity contribution in [3.63, 3.8) is 0 Å². The van der Waals surface area contributed by atoms with E-state index in [1.54, 1.807) is 24.4 Å². The van der Waals surface area contributed by atoms with Gasteiger partial charge in [0.05, 0.1) is 12.8 Å². The van der Waals surface area contributed by atoms with Gasteiger partial charge in [0.2, 0.25) is 21.9 Å². The number of nitrogens with one attached hydrogen (secondary N) is 2. The molecule has 12 heteroatoms. The highest BCUT2D eigenvalue weighted by Gasteiger charge is 2.31. The van der Waals surface area contributed by atoms with Crippen LogP contribution in [0.25, 0.3) is 11.3 Å². The van der Waals surface area contributed by atoms with Crippen LogP contribution < -0.4 is 20.3 Å². The quantitative estimate of drug-likeness (QED) is 0.273. The van der Waals surface area contributed by atoms with Crippen LogP contribution in [-0.2, 0) is 14.8 Å². The number of hydrogen-bond donors (Lipinski definition) is 2. The van der Waals surface area contributed by atoms with E-state index in [-0.39, 0.29) is 10.8 Å². The smallest absolute Gasteiger partial charge is 0.246 e. The number of hydrogen-bond acceptors (Lipinski definition) is 8. The standard InChI is InChI=1S/C29H29BrN6O4S/c1-20(37)32-23-6-3-21(4-7-23)26-13-14-31-29(34-26)33-24-8-10-25(11-9-24)35-15-17-36(18-16-35)41(38,39)28-19-22(30)5-12-27(28)40-2/h3-14,19H,15-18H2,1-2H3,(H,32,37)(H,31,33,34). The molecule has 0 radical (unpaired) electrons. The summed E-state index contributed by atoms with van der Waals surface area (Å²) in [5, 5.41) is 6.00. The van der Waals surface area contributed by atoms with Crippen LogP contribution in [0.5, 0.6) is 5.75 Å². The molecular weight excluding hydrogens is 608 g/mol. The van der Waals surface area contributed by atoms with E-state index in [1.807, 2.05) is 54.6 Å². The summed E-state index contributed by atoms with van der Waals surface area (Å²) in [5.41, 5.74) is 4.21. The van der Waals surface area contributed by atoms with Gasteiger partial charge in [-0.05, 0) is 60.7 Å². The van der Waals surface area contributed by atoms with Gasteiger partial charge < -0.3 is 20.3 Å².